The Morgan fingerprint density at radius 2 is 1.76 bits per heavy atom. The molecule has 6 nitrogen and oxygen atoms in total. The second-order valence-corrected chi connectivity index (χ2v) is 8.13. The number of hydrogen-bond acceptors (Lipinski definition) is 7. The quantitative estimate of drug-likeness (QED) is 0.338. The molecular formula is C25H20FNO5S. The average Bonchev–Trinajstić information content (AvgIpc) is 3.27. The van der Waals surface area contributed by atoms with Crippen molar-refractivity contribution >= 4 is 33.0 Å². The predicted octanol–water partition coefficient (Wildman–Crippen LogP) is 5.67. The molecule has 0 amide bonds. The number of thiophene rings is 1. The number of carbonyl (C=O) groups is 2. The van der Waals surface area contributed by atoms with Gasteiger partial charge in [0.1, 0.15) is 17.3 Å². The molecule has 0 bridgehead atoms. The number of aromatic hydroxyl groups is 1. The number of nitrogens with zero attached hydrogens (tertiary/aromatic N) is 1. The lowest BCUT2D eigenvalue weighted by Crippen LogP contribution is -2.08. The zero-order valence-corrected chi connectivity index (χ0v) is 18.7. The molecule has 1 N–H and O–H groups in total. The molecule has 0 saturated heterocycles. The van der Waals surface area contributed by atoms with E-state index in [-0.39, 0.29) is 35.9 Å². The third-order valence-electron chi connectivity index (χ3n) is 5.25. The molecule has 0 aliphatic carbocycles. The van der Waals surface area contributed by atoms with Crippen LogP contribution in [0.1, 0.15) is 33.7 Å². The summed E-state index contributed by atoms with van der Waals surface area (Å²) in [4.78, 5) is 29.7. The lowest BCUT2D eigenvalue weighted by molar-refractivity contribution is 0.0913. The zero-order chi connectivity index (χ0) is 23.5. The number of methoxy groups -OCH3 is 2. The van der Waals surface area contributed by atoms with E-state index in [0.717, 1.165) is 0 Å². The lowest BCUT2D eigenvalue weighted by atomic mass is 10.0. The maximum atomic E-state index is 14.0. The van der Waals surface area contributed by atoms with Gasteiger partial charge in [0.2, 0.25) is 0 Å². The number of aromatic nitrogens is 1. The van der Waals surface area contributed by atoms with Crippen LogP contribution in [0, 0.1) is 5.82 Å². The van der Waals surface area contributed by atoms with Crippen molar-refractivity contribution in [1.29, 1.82) is 0 Å². The monoisotopic (exact) mass is 465 g/mol. The van der Waals surface area contributed by atoms with E-state index in [1.54, 1.807) is 41.8 Å². The van der Waals surface area contributed by atoms with Crippen LogP contribution in [-0.4, -0.2) is 35.9 Å². The molecule has 0 aliphatic heterocycles. The normalized spacial score (nSPS) is 10.9. The molecule has 0 atom stereocenters. The highest BCUT2D eigenvalue weighted by Gasteiger charge is 2.19. The van der Waals surface area contributed by atoms with Crippen molar-refractivity contribution in [2.24, 2.45) is 0 Å². The first-order chi connectivity index (χ1) is 15.9. The van der Waals surface area contributed by atoms with Gasteiger partial charge in [0.25, 0.3) is 0 Å². The summed E-state index contributed by atoms with van der Waals surface area (Å²) < 4.78 is 24.9. The minimum Gasteiger partial charge on any atom is -0.506 e. The number of pyridine rings is 1. The van der Waals surface area contributed by atoms with E-state index in [1.165, 1.54) is 37.7 Å². The fourth-order valence-corrected chi connectivity index (χ4v) is 4.50. The number of fused-ring (bicyclic) bond motifs is 1. The average molecular weight is 466 g/mol. The van der Waals surface area contributed by atoms with E-state index >= 15 is 0 Å². The fourth-order valence-electron chi connectivity index (χ4n) is 3.53. The predicted molar refractivity (Wildman–Crippen MR) is 124 cm³/mol. The number of benzene rings is 2. The molecule has 8 heteroatoms. The molecule has 0 saturated carbocycles. The van der Waals surface area contributed by atoms with Crippen LogP contribution in [-0.2, 0) is 0 Å². The lowest BCUT2D eigenvalue weighted by Gasteiger charge is -2.09. The molecule has 0 aliphatic rings. The Balaban J connectivity index is 1.54. The van der Waals surface area contributed by atoms with E-state index in [1.807, 2.05) is 0 Å². The second-order valence-electron chi connectivity index (χ2n) is 7.25. The minimum atomic E-state index is -0.464. The number of carbonyl (C=O) groups excluding carboxylic acids is 2. The highest BCUT2D eigenvalue weighted by molar-refractivity contribution is 7.17. The molecule has 4 aromatic rings. The van der Waals surface area contributed by atoms with Gasteiger partial charge in [0, 0.05) is 34.7 Å². The second kappa shape index (κ2) is 9.38. The topological polar surface area (TPSA) is 85.7 Å². The van der Waals surface area contributed by atoms with E-state index in [2.05, 4.69) is 4.98 Å². The van der Waals surface area contributed by atoms with Gasteiger partial charge in [0.15, 0.2) is 23.1 Å². The first-order valence-corrected chi connectivity index (χ1v) is 11.0. The molecule has 2 heterocycles. The van der Waals surface area contributed by atoms with Crippen LogP contribution in [0.5, 0.6) is 17.2 Å². The standard InChI is InChI=1S/C25H20FNO5S/c1-31-22-11-6-14(12-23(22)32-2)19(28)9-10-21(30)24-20(29)8-7-18(27-24)16-13-33-25-15(16)4-3-5-17(25)26/h3-8,11-13,29H,9-10H2,1-2H3. The van der Waals surface area contributed by atoms with E-state index < -0.39 is 5.78 Å². The summed E-state index contributed by atoms with van der Waals surface area (Å²) in [7, 11) is 2.98. The van der Waals surface area contributed by atoms with Crippen molar-refractivity contribution < 1.29 is 28.6 Å². The number of ketones is 2. The van der Waals surface area contributed by atoms with E-state index in [9.17, 15) is 19.1 Å². The van der Waals surface area contributed by atoms with Crippen LogP contribution in [0.2, 0.25) is 0 Å². The third-order valence-corrected chi connectivity index (χ3v) is 6.25. The van der Waals surface area contributed by atoms with Gasteiger partial charge in [-0.05, 0) is 36.4 Å². The first-order valence-electron chi connectivity index (χ1n) is 10.1. The van der Waals surface area contributed by atoms with Crippen LogP contribution >= 0.6 is 11.3 Å². The Morgan fingerprint density at radius 3 is 2.52 bits per heavy atom. The van der Waals surface area contributed by atoms with Gasteiger partial charge >= 0.3 is 0 Å². The maximum absolute atomic E-state index is 14.0. The Labute approximate surface area is 193 Å². The van der Waals surface area contributed by atoms with Gasteiger partial charge in [-0.25, -0.2) is 9.37 Å². The number of hydrogen-bond donors (Lipinski definition) is 1. The molecule has 0 unspecified atom stereocenters. The molecule has 2 aromatic heterocycles. The van der Waals surface area contributed by atoms with Crippen molar-refractivity contribution in [2.75, 3.05) is 14.2 Å². The summed E-state index contributed by atoms with van der Waals surface area (Å²) >= 11 is 1.24. The molecular weight excluding hydrogens is 445 g/mol. The van der Waals surface area contributed by atoms with Crippen LogP contribution < -0.4 is 9.47 Å². The van der Waals surface area contributed by atoms with Crippen LogP contribution in [0.4, 0.5) is 4.39 Å². The maximum Gasteiger partial charge on any atom is 0.185 e. The van der Waals surface area contributed by atoms with Gasteiger partial charge in [-0.2, -0.15) is 0 Å². The highest BCUT2D eigenvalue weighted by atomic mass is 32.1. The fraction of sp³-hybridized carbons (Fsp3) is 0.160. The van der Waals surface area contributed by atoms with Gasteiger partial charge in [0.05, 0.1) is 24.6 Å². The van der Waals surface area contributed by atoms with Crippen LogP contribution in [0.15, 0.2) is 53.9 Å². The Bertz CT molecular complexity index is 1360. The number of ether oxygens (including phenoxy) is 2. The largest absolute Gasteiger partial charge is 0.506 e. The third kappa shape index (κ3) is 4.42. The number of rotatable bonds is 8. The van der Waals surface area contributed by atoms with Crippen molar-refractivity contribution in [1.82, 2.24) is 4.98 Å². The van der Waals surface area contributed by atoms with Gasteiger partial charge in [-0.3, -0.25) is 9.59 Å². The molecule has 0 radical (unpaired) electrons. The number of halogens is 1. The molecule has 4 rings (SSSR count). The molecule has 168 valence electrons. The van der Waals surface area contributed by atoms with Crippen LogP contribution in [0.25, 0.3) is 21.3 Å². The van der Waals surface area contributed by atoms with E-state index in [4.69, 9.17) is 9.47 Å². The zero-order valence-electron chi connectivity index (χ0n) is 17.9. The molecule has 2 aromatic carbocycles. The Hall–Kier alpha value is -3.78. The van der Waals surface area contributed by atoms with E-state index in [0.29, 0.717) is 38.4 Å². The Kier molecular flexibility index (Phi) is 6.37. The van der Waals surface area contributed by atoms with Gasteiger partial charge in [-0.15, -0.1) is 11.3 Å². The SMILES string of the molecule is COc1ccc(C(=O)CCC(=O)c2nc(-c3csc4c(F)cccc34)ccc2O)cc1OC. The van der Waals surface area contributed by atoms with Crippen LogP contribution in [0.3, 0.4) is 0 Å². The molecule has 0 spiro atoms. The molecule has 0 fully saturated rings. The Morgan fingerprint density at radius 1 is 1.00 bits per heavy atom. The van der Waals surface area contributed by atoms with Gasteiger partial charge in [-0.1, -0.05) is 12.1 Å². The summed E-state index contributed by atoms with van der Waals surface area (Å²) in [5.41, 5.74) is 1.38. The summed E-state index contributed by atoms with van der Waals surface area (Å²) in [5, 5.41) is 12.7. The smallest absolute Gasteiger partial charge is 0.185 e. The summed E-state index contributed by atoms with van der Waals surface area (Å²) in [6.45, 7) is 0. The first kappa shape index (κ1) is 22.4. The summed E-state index contributed by atoms with van der Waals surface area (Å²) in [6, 6.07) is 12.5. The van der Waals surface area contributed by atoms with Crippen molar-refractivity contribution in [2.45, 2.75) is 12.8 Å². The van der Waals surface area contributed by atoms with Gasteiger partial charge < -0.3 is 14.6 Å². The molecule has 33 heavy (non-hydrogen) atoms. The van der Waals surface area contributed by atoms with Crippen molar-refractivity contribution in [3.63, 3.8) is 0 Å². The summed E-state index contributed by atoms with van der Waals surface area (Å²) in [5.74, 6) is -0.397. The van der Waals surface area contributed by atoms with Crippen molar-refractivity contribution in [3.05, 3.63) is 71.0 Å². The highest BCUT2D eigenvalue weighted by Crippen LogP contribution is 2.35. The number of Topliss-reactive ketones (excluding diaryl/α,β-unsaturated/α-hetero) is 2. The minimum absolute atomic E-state index is 0.0632. The van der Waals surface area contributed by atoms with Crippen molar-refractivity contribution in [3.8, 4) is 28.5 Å². The summed E-state index contributed by atoms with van der Waals surface area (Å²) in [6.07, 6.45) is -0.192.